The van der Waals surface area contributed by atoms with E-state index >= 15 is 0 Å². The number of hydrogen-bond donors (Lipinski definition) is 4. The molecule has 0 saturated carbocycles. The summed E-state index contributed by atoms with van der Waals surface area (Å²) in [6, 6.07) is 4.70. The molecule has 0 aliphatic heterocycles. The first kappa shape index (κ1) is 13.3. The Kier molecular flexibility index (Phi) is 3.92. The molecule has 7 N–H and O–H groups in total. The third kappa shape index (κ3) is 3.93. The summed E-state index contributed by atoms with van der Waals surface area (Å²) in [5.74, 6) is -0.870. The van der Waals surface area contributed by atoms with Crippen molar-refractivity contribution in [1.29, 1.82) is 0 Å². The lowest BCUT2D eigenvalue weighted by atomic mass is 10.1. The fraction of sp³-hybridized carbons (Fsp3) is 0.222. The summed E-state index contributed by atoms with van der Waals surface area (Å²) in [5.41, 5.74) is 11.6. The van der Waals surface area contributed by atoms with Crippen LogP contribution in [0.2, 0.25) is 0 Å². The second-order valence-corrected chi connectivity index (χ2v) is 5.16. The highest BCUT2D eigenvalue weighted by Crippen LogP contribution is 2.21. The van der Waals surface area contributed by atoms with E-state index in [-0.39, 0.29) is 23.5 Å². The minimum atomic E-state index is -3.53. The Bertz CT molecular complexity index is 527. The molecule has 0 aliphatic rings. The number of para-hydroxylation sites is 1. The molecular formula is C9H14N4O3S. The number of benzene rings is 1. The van der Waals surface area contributed by atoms with Gasteiger partial charge in [-0.15, -0.1) is 0 Å². The third-order valence-electron chi connectivity index (χ3n) is 2.07. The van der Waals surface area contributed by atoms with Gasteiger partial charge in [-0.2, -0.15) is 0 Å². The molecule has 0 radical (unpaired) electrons. The van der Waals surface area contributed by atoms with E-state index in [0.29, 0.717) is 5.69 Å². The van der Waals surface area contributed by atoms with Gasteiger partial charge in [-0.1, -0.05) is 6.07 Å². The Morgan fingerprint density at radius 2 is 2.00 bits per heavy atom. The molecule has 17 heavy (non-hydrogen) atoms. The van der Waals surface area contributed by atoms with Gasteiger partial charge in [-0.05, 0) is 12.1 Å². The molecule has 0 aromatic heterocycles. The first-order chi connectivity index (χ1) is 7.81. The number of rotatable bonds is 5. The predicted octanol–water partition coefficient (Wildman–Crippen LogP) is -0.932. The summed E-state index contributed by atoms with van der Waals surface area (Å²) in [5, 5.41) is 7.62. The number of carbonyl (C=O) groups excluding carboxylic acids is 1. The molecule has 0 heterocycles. The van der Waals surface area contributed by atoms with Crippen molar-refractivity contribution in [2.24, 2.45) is 10.9 Å². The lowest BCUT2D eigenvalue weighted by Crippen LogP contribution is -2.23. The Morgan fingerprint density at radius 1 is 1.35 bits per heavy atom. The topological polar surface area (TPSA) is 141 Å². The van der Waals surface area contributed by atoms with Gasteiger partial charge in [0.15, 0.2) is 0 Å². The highest BCUT2D eigenvalue weighted by atomic mass is 32.2. The monoisotopic (exact) mass is 258 g/mol. The smallest absolute Gasteiger partial charge is 0.250 e. The maximum atomic E-state index is 11.0. The van der Waals surface area contributed by atoms with Crippen LogP contribution in [-0.2, 0) is 10.0 Å². The van der Waals surface area contributed by atoms with Crippen molar-refractivity contribution >= 4 is 27.3 Å². The number of nitrogens with two attached hydrogens (primary N) is 3. The molecule has 8 heteroatoms. The standard InChI is InChI=1S/C9H14N4O3S/c10-8-6(9(11)14)2-1-3-7(8)13-4-5-17(12,15)16/h1-3,13H,4-5,10H2,(H2,11,14)(H2,12,15,16). The number of sulfonamides is 1. The van der Waals surface area contributed by atoms with Crippen molar-refractivity contribution in [3.8, 4) is 0 Å². The van der Waals surface area contributed by atoms with Gasteiger partial charge in [0.1, 0.15) is 0 Å². The van der Waals surface area contributed by atoms with E-state index in [2.05, 4.69) is 5.32 Å². The highest BCUT2D eigenvalue weighted by molar-refractivity contribution is 7.89. The third-order valence-corrected chi connectivity index (χ3v) is 2.85. The molecule has 1 amide bonds. The molecule has 1 rings (SSSR count). The van der Waals surface area contributed by atoms with Crippen LogP contribution in [0, 0.1) is 0 Å². The van der Waals surface area contributed by atoms with Gasteiger partial charge in [0.2, 0.25) is 10.0 Å². The quantitative estimate of drug-likeness (QED) is 0.505. The molecule has 1 aromatic carbocycles. The van der Waals surface area contributed by atoms with Crippen molar-refractivity contribution in [3.63, 3.8) is 0 Å². The number of primary amides is 1. The maximum Gasteiger partial charge on any atom is 0.250 e. The average Bonchev–Trinajstić information content (AvgIpc) is 2.18. The average molecular weight is 258 g/mol. The van der Waals surface area contributed by atoms with Gasteiger partial charge >= 0.3 is 0 Å². The Hall–Kier alpha value is -1.80. The molecule has 0 fully saturated rings. The van der Waals surface area contributed by atoms with Crippen LogP contribution < -0.4 is 21.9 Å². The second-order valence-electron chi connectivity index (χ2n) is 3.42. The normalized spacial score (nSPS) is 11.1. The highest BCUT2D eigenvalue weighted by Gasteiger charge is 2.09. The molecular weight excluding hydrogens is 244 g/mol. The van der Waals surface area contributed by atoms with Crippen LogP contribution in [0.15, 0.2) is 18.2 Å². The zero-order valence-corrected chi connectivity index (χ0v) is 9.83. The Labute approximate surface area is 99.0 Å². The number of hydrogen-bond acceptors (Lipinski definition) is 5. The number of carbonyl (C=O) groups is 1. The van der Waals surface area contributed by atoms with E-state index in [4.69, 9.17) is 16.6 Å². The number of primary sulfonamides is 1. The van der Waals surface area contributed by atoms with Crippen LogP contribution >= 0.6 is 0 Å². The minimum absolute atomic E-state index is 0.102. The molecule has 1 aromatic rings. The molecule has 0 saturated heterocycles. The molecule has 0 aliphatic carbocycles. The molecule has 94 valence electrons. The summed E-state index contributed by atoms with van der Waals surface area (Å²) in [6.07, 6.45) is 0. The van der Waals surface area contributed by atoms with E-state index < -0.39 is 15.9 Å². The molecule has 0 bridgehead atoms. The Balaban J connectivity index is 2.79. The van der Waals surface area contributed by atoms with Gasteiger partial charge < -0.3 is 16.8 Å². The van der Waals surface area contributed by atoms with Gasteiger partial charge in [0.05, 0.1) is 22.7 Å². The van der Waals surface area contributed by atoms with E-state index in [1.165, 1.54) is 6.07 Å². The van der Waals surface area contributed by atoms with Crippen molar-refractivity contribution < 1.29 is 13.2 Å². The predicted molar refractivity (Wildman–Crippen MR) is 65.8 cm³/mol. The van der Waals surface area contributed by atoms with Gasteiger partial charge in [-0.25, -0.2) is 13.6 Å². The SMILES string of the molecule is NC(=O)c1cccc(NCCS(N)(=O)=O)c1N. The van der Waals surface area contributed by atoms with E-state index in [9.17, 15) is 13.2 Å². The van der Waals surface area contributed by atoms with Crippen LogP contribution in [0.4, 0.5) is 11.4 Å². The maximum absolute atomic E-state index is 11.0. The van der Waals surface area contributed by atoms with Crippen LogP contribution in [0.25, 0.3) is 0 Å². The summed E-state index contributed by atoms with van der Waals surface area (Å²) in [4.78, 5) is 11.0. The van der Waals surface area contributed by atoms with Gasteiger partial charge in [-0.3, -0.25) is 4.79 Å². The minimum Gasteiger partial charge on any atom is -0.396 e. The molecule has 0 atom stereocenters. The van der Waals surface area contributed by atoms with Crippen molar-refractivity contribution in [3.05, 3.63) is 23.8 Å². The van der Waals surface area contributed by atoms with E-state index in [1.807, 2.05) is 0 Å². The second kappa shape index (κ2) is 5.02. The van der Waals surface area contributed by atoms with Gasteiger partial charge in [0, 0.05) is 6.54 Å². The van der Waals surface area contributed by atoms with Crippen LogP contribution in [-0.4, -0.2) is 26.6 Å². The largest absolute Gasteiger partial charge is 0.396 e. The van der Waals surface area contributed by atoms with Crippen molar-refractivity contribution in [2.75, 3.05) is 23.3 Å². The number of anilines is 2. The summed E-state index contributed by atoms with van der Waals surface area (Å²) in [7, 11) is -3.53. The Morgan fingerprint density at radius 3 is 2.53 bits per heavy atom. The summed E-state index contributed by atoms with van der Waals surface area (Å²) in [6.45, 7) is 0.102. The van der Waals surface area contributed by atoms with E-state index in [1.54, 1.807) is 12.1 Å². The lowest BCUT2D eigenvalue weighted by molar-refractivity contribution is 0.100. The zero-order valence-electron chi connectivity index (χ0n) is 9.01. The molecule has 7 nitrogen and oxygen atoms in total. The number of nitrogen functional groups attached to an aromatic ring is 1. The first-order valence-electron chi connectivity index (χ1n) is 4.74. The van der Waals surface area contributed by atoms with E-state index in [0.717, 1.165) is 0 Å². The zero-order chi connectivity index (χ0) is 13.1. The van der Waals surface area contributed by atoms with Crippen LogP contribution in [0.5, 0.6) is 0 Å². The van der Waals surface area contributed by atoms with Crippen LogP contribution in [0.1, 0.15) is 10.4 Å². The molecule has 0 unspecified atom stereocenters. The first-order valence-corrected chi connectivity index (χ1v) is 6.45. The summed E-state index contributed by atoms with van der Waals surface area (Å²) >= 11 is 0. The number of nitrogens with one attached hydrogen (secondary N) is 1. The lowest BCUT2D eigenvalue weighted by Gasteiger charge is -2.10. The van der Waals surface area contributed by atoms with Crippen molar-refractivity contribution in [1.82, 2.24) is 0 Å². The summed E-state index contributed by atoms with van der Waals surface area (Å²) < 4.78 is 21.4. The van der Waals surface area contributed by atoms with Gasteiger partial charge in [0.25, 0.3) is 5.91 Å². The van der Waals surface area contributed by atoms with Crippen LogP contribution in [0.3, 0.4) is 0 Å². The molecule has 0 spiro atoms. The fourth-order valence-corrected chi connectivity index (χ4v) is 1.65. The number of amides is 1. The van der Waals surface area contributed by atoms with Crippen molar-refractivity contribution in [2.45, 2.75) is 0 Å². The fourth-order valence-electron chi connectivity index (χ4n) is 1.26.